The molecule has 0 spiro atoms. The fraction of sp³-hybridized carbons (Fsp3) is 0.364. The molecule has 0 saturated heterocycles. The molecule has 0 fully saturated rings. The molecule has 1 aromatic carbocycles. The van der Waals surface area contributed by atoms with Crippen LogP contribution in [0.5, 0.6) is 0 Å². The van der Waals surface area contributed by atoms with E-state index in [1.165, 1.54) is 6.92 Å². The van der Waals surface area contributed by atoms with Crippen molar-refractivity contribution in [3.05, 3.63) is 29.8 Å². The maximum atomic E-state index is 10.8. The van der Waals surface area contributed by atoms with Crippen LogP contribution in [0.4, 0.5) is 5.69 Å². The van der Waals surface area contributed by atoms with Gasteiger partial charge in [-0.1, -0.05) is 19.1 Å². The largest absolute Gasteiger partial charge is 0.326 e. The molecule has 76 valence electrons. The summed E-state index contributed by atoms with van der Waals surface area (Å²) in [7, 11) is 0. The first-order valence-corrected chi connectivity index (χ1v) is 4.76. The van der Waals surface area contributed by atoms with Crippen LogP contribution in [0.3, 0.4) is 0 Å². The zero-order chi connectivity index (χ0) is 10.6. The summed E-state index contributed by atoms with van der Waals surface area (Å²) >= 11 is 0. The second kappa shape index (κ2) is 4.77. The summed E-state index contributed by atoms with van der Waals surface area (Å²) in [6.07, 6.45) is 0.916. The average Bonchev–Trinajstić information content (AvgIpc) is 2.17. The van der Waals surface area contributed by atoms with Crippen molar-refractivity contribution < 1.29 is 4.79 Å². The van der Waals surface area contributed by atoms with E-state index >= 15 is 0 Å². The Hall–Kier alpha value is -1.35. The minimum absolute atomic E-state index is 0.0578. The van der Waals surface area contributed by atoms with E-state index in [4.69, 9.17) is 5.73 Å². The van der Waals surface area contributed by atoms with Crippen LogP contribution in [0.2, 0.25) is 0 Å². The molecule has 0 heterocycles. The van der Waals surface area contributed by atoms with Crippen LogP contribution in [0, 0.1) is 0 Å². The normalized spacial score (nSPS) is 12.2. The number of carbonyl (C=O) groups excluding carboxylic acids is 1. The maximum Gasteiger partial charge on any atom is 0.221 e. The SMILES string of the molecule is CC[C@@H](N)c1ccc(NC(C)=O)cc1. The molecule has 0 radical (unpaired) electrons. The van der Waals surface area contributed by atoms with E-state index in [0.29, 0.717) is 0 Å². The Balaban J connectivity index is 2.73. The van der Waals surface area contributed by atoms with Crippen LogP contribution >= 0.6 is 0 Å². The molecule has 1 rings (SSSR count). The van der Waals surface area contributed by atoms with Gasteiger partial charge in [0.2, 0.25) is 5.91 Å². The van der Waals surface area contributed by atoms with Crippen LogP contribution in [-0.2, 0) is 4.79 Å². The van der Waals surface area contributed by atoms with Gasteiger partial charge in [0, 0.05) is 18.7 Å². The van der Waals surface area contributed by atoms with Gasteiger partial charge in [-0.15, -0.1) is 0 Å². The molecule has 1 atom stereocenters. The summed E-state index contributed by atoms with van der Waals surface area (Å²) in [4.78, 5) is 10.8. The van der Waals surface area contributed by atoms with Gasteiger partial charge in [0.05, 0.1) is 0 Å². The van der Waals surface area contributed by atoms with Crippen molar-refractivity contribution in [2.45, 2.75) is 26.3 Å². The maximum absolute atomic E-state index is 10.8. The number of carbonyl (C=O) groups is 1. The summed E-state index contributed by atoms with van der Waals surface area (Å²) in [5, 5.41) is 2.71. The van der Waals surface area contributed by atoms with Gasteiger partial charge >= 0.3 is 0 Å². The lowest BCUT2D eigenvalue weighted by Gasteiger charge is -2.09. The highest BCUT2D eigenvalue weighted by atomic mass is 16.1. The highest BCUT2D eigenvalue weighted by Crippen LogP contribution is 2.16. The Morgan fingerprint density at radius 2 is 2.00 bits per heavy atom. The average molecular weight is 192 g/mol. The number of amides is 1. The van der Waals surface area contributed by atoms with Gasteiger partial charge in [0.15, 0.2) is 0 Å². The summed E-state index contributed by atoms with van der Waals surface area (Å²) in [5.74, 6) is -0.0578. The van der Waals surface area contributed by atoms with Gasteiger partial charge in [-0.25, -0.2) is 0 Å². The monoisotopic (exact) mass is 192 g/mol. The standard InChI is InChI=1S/C11H16N2O/c1-3-11(12)9-4-6-10(7-5-9)13-8(2)14/h4-7,11H,3,12H2,1-2H3,(H,13,14)/t11-/m1/s1. The predicted molar refractivity (Wildman–Crippen MR) is 58.0 cm³/mol. The lowest BCUT2D eigenvalue weighted by atomic mass is 10.1. The Labute approximate surface area is 84.3 Å². The van der Waals surface area contributed by atoms with Crippen molar-refractivity contribution in [1.29, 1.82) is 0 Å². The lowest BCUT2D eigenvalue weighted by molar-refractivity contribution is -0.114. The number of hydrogen-bond donors (Lipinski definition) is 2. The first-order chi connectivity index (χ1) is 6.63. The van der Waals surface area contributed by atoms with Gasteiger partial charge in [-0.2, -0.15) is 0 Å². The van der Waals surface area contributed by atoms with Crippen LogP contribution < -0.4 is 11.1 Å². The second-order valence-corrected chi connectivity index (χ2v) is 3.32. The van der Waals surface area contributed by atoms with Crippen LogP contribution in [-0.4, -0.2) is 5.91 Å². The number of nitrogens with one attached hydrogen (secondary N) is 1. The van der Waals surface area contributed by atoms with Crippen LogP contribution in [0.1, 0.15) is 31.9 Å². The highest BCUT2D eigenvalue weighted by molar-refractivity contribution is 5.88. The van der Waals surface area contributed by atoms with Gasteiger partial charge in [0.25, 0.3) is 0 Å². The molecular weight excluding hydrogens is 176 g/mol. The highest BCUT2D eigenvalue weighted by Gasteiger charge is 2.02. The van der Waals surface area contributed by atoms with Crippen molar-refractivity contribution in [3.63, 3.8) is 0 Å². The number of hydrogen-bond acceptors (Lipinski definition) is 2. The van der Waals surface area contributed by atoms with Gasteiger partial charge in [-0.05, 0) is 24.1 Å². The fourth-order valence-electron chi connectivity index (χ4n) is 1.25. The van der Waals surface area contributed by atoms with Crippen LogP contribution in [0.25, 0.3) is 0 Å². The molecule has 0 aliphatic heterocycles. The number of nitrogens with two attached hydrogens (primary N) is 1. The summed E-state index contributed by atoms with van der Waals surface area (Å²) in [5.41, 5.74) is 7.77. The molecular formula is C11H16N2O. The molecule has 0 aliphatic rings. The molecule has 14 heavy (non-hydrogen) atoms. The molecule has 3 N–H and O–H groups in total. The Kier molecular flexibility index (Phi) is 3.65. The lowest BCUT2D eigenvalue weighted by Crippen LogP contribution is -2.09. The van der Waals surface area contributed by atoms with Crippen molar-refractivity contribution in [1.82, 2.24) is 0 Å². The first kappa shape index (κ1) is 10.7. The van der Waals surface area contributed by atoms with Gasteiger partial charge < -0.3 is 11.1 Å². The minimum Gasteiger partial charge on any atom is -0.326 e. The van der Waals surface area contributed by atoms with Crippen molar-refractivity contribution in [2.75, 3.05) is 5.32 Å². The summed E-state index contributed by atoms with van der Waals surface area (Å²) in [6.45, 7) is 3.54. The molecule has 1 aromatic rings. The van der Waals surface area contributed by atoms with Gasteiger partial charge in [-0.3, -0.25) is 4.79 Å². The molecule has 0 aliphatic carbocycles. The number of benzene rings is 1. The number of rotatable bonds is 3. The van der Waals surface area contributed by atoms with E-state index in [2.05, 4.69) is 5.32 Å². The zero-order valence-corrected chi connectivity index (χ0v) is 8.58. The third-order valence-electron chi connectivity index (χ3n) is 2.10. The second-order valence-electron chi connectivity index (χ2n) is 3.32. The molecule has 0 unspecified atom stereocenters. The topological polar surface area (TPSA) is 55.1 Å². The summed E-state index contributed by atoms with van der Waals surface area (Å²) in [6, 6.07) is 7.71. The van der Waals surface area contributed by atoms with Crippen molar-refractivity contribution in [3.8, 4) is 0 Å². The van der Waals surface area contributed by atoms with Crippen molar-refractivity contribution in [2.24, 2.45) is 5.73 Å². The molecule has 0 aromatic heterocycles. The van der Waals surface area contributed by atoms with E-state index in [0.717, 1.165) is 17.7 Å². The Bertz CT molecular complexity index is 306. The molecule has 3 heteroatoms. The summed E-state index contributed by atoms with van der Waals surface area (Å²) < 4.78 is 0. The Morgan fingerprint density at radius 3 is 2.43 bits per heavy atom. The third-order valence-corrected chi connectivity index (χ3v) is 2.10. The predicted octanol–water partition coefficient (Wildman–Crippen LogP) is 2.05. The van der Waals surface area contributed by atoms with E-state index in [9.17, 15) is 4.79 Å². The smallest absolute Gasteiger partial charge is 0.221 e. The number of anilines is 1. The molecule has 1 amide bonds. The van der Waals surface area contributed by atoms with E-state index in [1.807, 2.05) is 31.2 Å². The molecule has 3 nitrogen and oxygen atoms in total. The van der Waals surface area contributed by atoms with E-state index in [1.54, 1.807) is 0 Å². The molecule has 0 saturated carbocycles. The molecule has 0 bridgehead atoms. The fourth-order valence-corrected chi connectivity index (χ4v) is 1.25. The zero-order valence-electron chi connectivity index (χ0n) is 8.58. The third kappa shape index (κ3) is 2.85. The van der Waals surface area contributed by atoms with Gasteiger partial charge in [0.1, 0.15) is 0 Å². The van der Waals surface area contributed by atoms with Crippen LogP contribution in [0.15, 0.2) is 24.3 Å². The first-order valence-electron chi connectivity index (χ1n) is 4.76. The quantitative estimate of drug-likeness (QED) is 0.770. The van der Waals surface area contributed by atoms with E-state index < -0.39 is 0 Å². The van der Waals surface area contributed by atoms with Crippen molar-refractivity contribution >= 4 is 11.6 Å². The minimum atomic E-state index is -0.0578. The Morgan fingerprint density at radius 1 is 1.43 bits per heavy atom. The van der Waals surface area contributed by atoms with E-state index in [-0.39, 0.29) is 11.9 Å².